The zero-order chi connectivity index (χ0) is 15.5. The zero-order valence-corrected chi connectivity index (χ0v) is 12.9. The van der Waals surface area contributed by atoms with Crippen LogP contribution in [0.2, 0.25) is 0 Å². The predicted molar refractivity (Wildman–Crippen MR) is 82.5 cm³/mol. The summed E-state index contributed by atoms with van der Waals surface area (Å²) < 4.78 is 5.68. The van der Waals surface area contributed by atoms with Gasteiger partial charge in [-0.15, -0.1) is 23.1 Å². The molecule has 1 aromatic carbocycles. The molecule has 0 bridgehead atoms. The Hall–Kier alpha value is -2.06. The number of aromatic carboxylic acids is 1. The number of hydrogen-bond acceptors (Lipinski definition) is 6. The van der Waals surface area contributed by atoms with Crippen LogP contribution in [0.1, 0.15) is 15.5 Å². The maximum Gasteiger partial charge on any atom is 0.355 e. The van der Waals surface area contributed by atoms with Crippen molar-refractivity contribution < 1.29 is 19.4 Å². The van der Waals surface area contributed by atoms with Crippen LogP contribution in [0.3, 0.4) is 0 Å². The Labute approximate surface area is 134 Å². The van der Waals surface area contributed by atoms with E-state index in [1.807, 2.05) is 24.3 Å². The molecule has 1 atom stereocenters. The molecule has 0 radical (unpaired) electrons. The van der Waals surface area contributed by atoms with Gasteiger partial charge in [-0.2, -0.15) is 0 Å². The van der Waals surface area contributed by atoms with Gasteiger partial charge in [-0.3, -0.25) is 4.79 Å². The third-order valence-corrected chi connectivity index (χ3v) is 4.95. The van der Waals surface area contributed by atoms with Gasteiger partial charge >= 0.3 is 5.97 Å². The summed E-state index contributed by atoms with van der Waals surface area (Å²) in [6, 6.07) is 7.58. The number of thiazole rings is 1. The largest absolute Gasteiger partial charge is 0.479 e. The van der Waals surface area contributed by atoms with Crippen LogP contribution in [0.5, 0.6) is 5.75 Å². The summed E-state index contributed by atoms with van der Waals surface area (Å²) in [6.07, 6.45) is -0.557. The minimum absolute atomic E-state index is 0.00681. The normalized spacial score (nSPS) is 16.5. The lowest BCUT2D eigenvalue weighted by Gasteiger charge is -2.24. The van der Waals surface area contributed by atoms with Crippen molar-refractivity contribution in [2.24, 2.45) is 0 Å². The lowest BCUT2D eigenvalue weighted by molar-refractivity contribution is -0.127. The Morgan fingerprint density at radius 1 is 1.41 bits per heavy atom. The Morgan fingerprint density at radius 2 is 2.23 bits per heavy atom. The molecule has 2 N–H and O–H groups in total. The molecule has 0 saturated heterocycles. The zero-order valence-electron chi connectivity index (χ0n) is 11.3. The van der Waals surface area contributed by atoms with Gasteiger partial charge in [0, 0.05) is 16.0 Å². The van der Waals surface area contributed by atoms with E-state index in [1.165, 1.54) is 16.7 Å². The van der Waals surface area contributed by atoms with E-state index in [0.29, 0.717) is 16.5 Å². The molecule has 6 nitrogen and oxygen atoms in total. The SMILES string of the molecule is O=C(O)c1csc(CNC(=O)C2CSc3ccccc3O2)n1. The number of fused-ring (bicyclic) bond motifs is 1. The number of benzene rings is 1. The van der Waals surface area contributed by atoms with Gasteiger partial charge in [0.15, 0.2) is 11.8 Å². The van der Waals surface area contributed by atoms with Crippen molar-refractivity contribution in [3.05, 3.63) is 40.3 Å². The van der Waals surface area contributed by atoms with Crippen LogP contribution in [-0.2, 0) is 11.3 Å². The number of aromatic nitrogens is 1. The van der Waals surface area contributed by atoms with Crippen LogP contribution in [-0.4, -0.2) is 33.8 Å². The number of nitrogens with zero attached hydrogens (tertiary/aromatic N) is 1. The first-order valence-corrected chi connectivity index (χ1v) is 8.34. The molecule has 2 aromatic rings. The van der Waals surface area contributed by atoms with Crippen LogP contribution >= 0.6 is 23.1 Å². The molecule has 1 aliphatic heterocycles. The number of ether oxygens (including phenoxy) is 1. The summed E-state index contributed by atoms with van der Waals surface area (Å²) in [6.45, 7) is 0.197. The van der Waals surface area contributed by atoms with E-state index >= 15 is 0 Å². The van der Waals surface area contributed by atoms with Gasteiger partial charge in [0.2, 0.25) is 0 Å². The molecule has 1 amide bonds. The average molecular weight is 336 g/mol. The molecule has 0 saturated carbocycles. The minimum Gasteiger partial charge on any atom is -0.479 e. The highest BCUT2D eigenvalue weighted by Gasteiger charge is 2.26. The summed E-state index contributed by atoms with van der Waals surface area (Å²) in [7, 11) is 0. The quantitative estimate of drug-likeness (QED) is 0.888. The molecule has 8 heteroatoms. The van der Waals surface area contributed by atoms with E-state index in [0.717, 1.165) is 4.90 Å². The van der Waals surface area contributed by atoms with Crippen molar-refractivity contribution in [3.63, 3.8) is 0 Å². The van der Waals surface area contributed by atoms with Gasteiger partial charge in [-0.25, -0.2) is 9.78 Å². The Morgan fingerprint density at radius 3 is 3.00 bits per heavy atom. The van der Waals surface area contributed by atoms with Crippen LogP contribution in [0, 0.1) is 0 Å². The van der Waals surface area contributed by atoms with Crippen LogP contribution in [0.4, 0.5) is 0 Å². The van der Waals surface area contributed by atoms with Crippen LogP contribution in [0.25, 0.3) is 0 Å². The van der Waals surface area contributed by atoms with E-state index in [4.69, 9.17) is 9.84 Å². The van der Waals surface area contributed by atoms with Crippen molar-refractivity contribution in [1.29, 1.82) is 0 Å². The molecule has 0 spiro atoms. The van der Waals surface area contributed by atoms with E-state index in [9.17, 15) is 9.59 Å². The maximum atomic E-state index is 12.1. The lowest BCUT2D eigenvalue weighted by atomic mass is 10.3. The number of thioether (sulfide) groups is 1. The number of carboxylic acids is 1. The van der Waals surface area contributed by atoms with Crippen molar-refractivity contribution in [2.45, 2.75) is 17.5 Å². The van der Waals surface area contributed by atoms with Gasteiger partial charge in [-0.1, -0.05) is 12.1 Å². The first-order chi connectivity index (χ1) is 10.6. The number of amides is 1. The summed E-state index contributed by atoms with van der Waals surface area (Å²) in [5, 5.41) is 13.5. The topological polar surface area (TPSA) is 88.5 Å². The van der Waals surface area contributed by atoms with Crippen LogP contribution < -0.4 is 10.1 Å². The van der Waals surface area contributed by atoms with E-state index < -0.39 is 12.1 Å². The highest BCUT2D eigenvalue weighted by molar-refractivity contribution is 7.99. The van der Waals surface area contributed by atoms with Crippen molar-refractivity contribution in [2.75, 3.05) is 5.75 Å². The Bertz CT molecular complexity index is 716. The van der Waals surface area contributed by atoms with Crippen molar-refractivity contribution in [1.82, 2.24) is 10.3 Å². The van der Waals surface area contributed by atoms with Gasteiger partial charge < -0.3 is 15.2 Å². The Balaban J connectivity index is 1.57. The monoisotopic (exact) mass is 336 g/mol. The molecule has 114 valence electrons. The third kappa shape index (κ3) is 3.23. The second kappa shape index (κ2) is 6.37. The summed E-state index contributed by atoms with van der Waals surface area (Å²) in [5.41, 5.74) is -0.00681. The predicted octanol–water partition coefficient (Wildman–Crippen LogP) is 2.01. The molecule has 1 aromatic heterocycles. The molecule has 1 aliphatic rings. The molecule has 2 heterocycles. The number of carbonyl (C=O) groups is 2. The van der Waals surface area contributed by atoms with Gasteiger partial charge in [-0.05, 0) is 12.1 Å². The summed E-state index contributed by atoms with van der Waals surface area (Å²) >= 11 is 2.78. The van der Waals surface area contributed by atoms with Gasteiger partial charge in [0.1, 0.15) is 10.8 Å². The highest BCUT2D eigenvalue weighted by Crippen LogP contribution is 2.34. The number of hydrogen-bond donors (Lipinski definition) is 2. The number of carboxylic acid groups (broad SMARTS) is 1. The molecule has 0 aliphatic carbocycles. The second-order valence-corrected chi connectivity index (χ2v) is 6.52. The molecule has 0 fully saturated rings. The first kappa shape index (κ1) is 14.9. The molecule has 3 rings (SSSR count). The number of para-hydroxylation sites is 1. The molecule has 22 heavy (non-hydrogen) atoms. The number of rotatable bonds is 4. The fraction of sp³-hybridized carbons (Fsp3) is 0.214. The smallest absolute Gasteiger partial charge is 0.355 e. The van der Waals surface area contributed by atoms with Gasteiger partial charge in [0.05, 0.1) is 6.54 Å². The molecule has 1 unspecified atom stereocenters. The fourth-order valence-electron chi connectivity index (χ4n) is 1.92. The average Bonchev–Trinajstić information content (AvgIpc) is 3.01. The van der Waals surface area contributed by atoms with E-state index in [-0.39, 0.29) is 18.1 Å². The van der Waals surface area contributed by atoms with Crippen molar-refractivity contribution in [3.8, 4) is 5.75 Å². The van der Waals surface area contributed by atoms with E-state index in [1.54, 1.807) is 11.8 Å². The minimum atomic E-state index is -1.07. The Kier molecular flexibility index (Phi) is 4.30. The molecular weight excluding hydrogens is 324 g/mol. The standard InChI is InChI=1S/C14H12N2O4S2/c17-13(15-5-12-16-8(6-22-12)14(18)19)10-7-21-11-4-2-1-3-9(11)20-10/h1-4,6,10H,5,7H2,(H,15,17)(H,18,19). The summed E-state index contributed by atoms with van der Waals surface area (Å²) in [5.74, 6) is -0.0472. The second-order valence-electron chi connectivity index (χ2n) is 4.51. The maximum absolute atomic E-state index is 12.1. The van der Waals surface area contributed by atoms with E-state index in [2.05, 4.69) is 10.3 Å². The summed E-state index contributed by atoms with van der Waals surface area (Å²) in [4.78, 5) is 27.8. The third-order valence-electron chi connectivity index (χ3n) is 2.99. The molecular formula is C14H12N2O4S2. The van der Waals surface area contributed by atoms with Gasteiger partial charge in [0.25, 0.3) is 5.91 Å². The highest BCUT2D eigenvalue weighted by atomic mass is 32.2. The first-order valence-electron chi connectivity index (χ1n) is 6.47. The van der Waals surface area contributed by atoms with Crippen molar-refractivity contribution >= 4 is 35.0 Å². The number of carbonyl (C=O) groups excluding carboxylic acids is 1. The van der Waals surface area contributed by atoms with Crippen LogP contribution in [0.15, 0.2) is 34.5 Å². The number of nitrogens with one attached hydrogen (secondary N) is 1. The lowest BCUT2D eigenvalue weighted by Crippen LogP contribution is -2.41. The fourth-order valence-corrected chi connectivity index (χ4v) is 3.61.